The largest absolute Gasteiger partial charge is 0.493 e. The predicted octanol–water partition coefficient (Wildman–Crippen LogP) is 3.00. The zero-order chi connectivity index (χ0) is 12.2. The fourth-order valence-electron chi connectivity index (χ4n) is 1.41. The van der Waals surface area contributed by atoms with Crippen molar-refractivity contribution in [3.05, 3.63) is 23.8 Å². The van der Waals surface area contributed by atoms with E-state index in [-0.39, 0.29) is 5.41 Å². The third-order valence-corrected chi connectivity index (χ3v) is 2.55. The molecule has 0 amide bonds. The molecule has 0 bridgehead atoms. The van der Waals surface area contributed by atoms with Crippen molar-refractivity contribution in [2.75, 3.05) is 13.7 Å². The molecule has 1 aromatic carbocycles. The van der Waals surface area contributed by atoms with Gasteiger partial charge in [0.25, 0.3) is 0 Å². The molecule has 0 saturated carbocycles. The predicted molar refractivity (Wildman–Crippen MR) is 66.0 cm³/mol. The van der Waals surface area contributed by atoms with Crippen LogP contribution < -0.4 is 9.47 Å². The van der Waals surface area contributed by atoms with Crippen LogP contribution in [0.3, 0.4) is 0 Å². The average molecular weight is 218 g/mol. The number of methoxy groups -OCH3 is 1. The molecule has 0 radical (unpaired) electrons. The molecule has 16 heavy (non-hydrogen) atoms. The molecule has 0 saturated heterocycles. The van der Waals surface area contributed by atoms with E-state index in [2.05, 4.69) is 5.92 Å². The lowest BCUT2D eigenvalue weighted by Gasteiger charge is -2.20. The number of hydrogen-bond acceptors (Lipinski definition) is 2. The van der Waals surface area contributed by atoms with Gasteiger partial charge in [-0.05, 0) is 38.5 Å². The van der Waals surface area contributed by atoms with Gasteiger partial charge in [0.05, 0.1) is 19.1 Å². The van der Waals surface area contributed by atoms with Gasteiger partial charge in [-0.2, -0.15) is 0 Å². The van der Waals surface area contributed by atoms with Crippen molar-refractivity contribution in [3.63, 3.8) is 0 Å². The molecule has 1 aromatic rings. The van der Waals surface area contributed by atoms with E-state index in [1.165, 1.54) is 0 Å². The second-order valence-electron chi connectivity index (χ2n) is 4.07. The molecule has 86 valence electrons. The smallest absolute Gasteiger partial charge is 0.161 e. The van der Waals surface area contributed by atoms with Crippen LogP contribution in [0.2, 0.25) is 0 Å². The third kappa shape index (κ3) is 2.49. The minimum Gasteiger partial charge on any atom is -0.493 e. The molecule has 2 nitrogen and oxygen atoms in total. The van der Waals surface area contributed by atoms with Crippen molar-refractivity contribution >= 4 is 0 Å². The summed E-state index contributed by atoms with van der Waals surface area (Å²) in [4.78, 5) is 0. The molecule has 0 fully saturated rings. The minimum atomic E-state index is -0.294. The zero-order valence-electron chi connectivity index (χ0n) is 10.3. The summed E-state index contributed by atoms with van der Waals surface area (Å²) >= 11 is 0. The standard InChI is InChI=1S/C14H18O2/c1-6-14(3,4)11-8-9-12(16-7-2)13(10-11)15-5/h1,8-10H,7H2,2-5H3. The Hall–Kier alpha value is -1.62. The molecule has 0 N–H and O–H groups in total. The lowest BCUT2D eigenvalue weighted by Crippen LogP contribution is -2.14. The van der Waals surface area contributed by atoms with Crippen molar-refractivity contribution in [3.8, 4) is 23.8 Å². The summed E-state index contributed by atoms with van der Waals surface area (Å²) < 4.78 is 10.7. The fraction of sp³-hybridized carbons (Fsp3) is 0.429. The Morgan fingerprint density at radius 2 is 2.00 bits per heavy atom. The van der Waals surface area contributed by atoms with Crippen LogP contribution in [0.5, 0.6) is 11.5 Å². The van der Waals surface area contributed by atoms with Crippen LogP contribution in [-0.2, 0) is 5.41 Å². The number of ether oxygens (including phenoxy) is 2. The maximum absolute atomic E-state index is 5.50. The van der Waals surface area contributed by atoms with E-state index in [1.807, 2.05) is 39.0 Å². The molecule has 0 aliphatic heterocycles. The molecule has 2 heteroatoms. The Morgan fingerprint density at radius 1 is 1.31 bits per heavy atom. The quantitative estimate of drug-likeness (QED) is 0.723. The topological polar surface area (TPSA) is 18.5 Å². The van der Waals surface area contributed by atoms with Crippen LogP contribution in [-0.4, -0.2) is 13.7 Å². The first-order chi connectivity index (χ1) is 7.55. The Bertz CT molecular complexity index is 400. The van der Waals surface area contributed by atoms with Crippen LogP contribution >= 0.6 is 0 Å². The number of benzene rings is 1. The second-order valence-corrected chi connectivity index (χ2v) is 4.07. The summed E-state index contributed by atoms with van der Waals surface area (Å²) in [5.74, 6) is 4.24. The minimum absolute atomic E-state index is 0.294. The molecule has 1 rings (SSSR count). The third-order valence-electron chi connectivity index (χ3n) is 2.55. The zero-order valence-corrected chi connectivity index (χ0v) is 10.3. The fourth-order valence-corrected chi connectivity index (χ4v) is 1.41. The van der Waals surface area contributed by atoms with Crippen LogP contribution in [0.15, 0.2) is 18.2 Å². The summed E-state index contributed by atoms with van der Waals surface area (Å²) in [6, 6.07) is 5.81. The number of rotatable bonds is 4. The Morgan fingerprint density at radius 3 is 2.50 bits per heavy atom. The van der Waals surface area contributed by atoms with Crippen LogP contribution in [0.4, 0.5) is 0 Å². The summed E-state index contributed by atoms with van der Waals surface area (Å²) in [6.45, 7) is 6.57. The van der Waals surface area contributed by atoms with Crippen molar-refractivity contribution in [1.82, 2.24) is 0 Å². The van der Waals surface area contributed by atoms with E-state index in [0.717, 1.165) is 17.1 Å². The average Bonchev–Trinajstić information content (AvgIpc) is 2.29. The van der Waals surface area contributed by atoms with E-state index >= 15 is 0 Å². The number of hydrogen-bond donors (Lipinski definition) is 0. The monoisotopic (exact) mass is 218 g/mol. The Balaban J connectivity index is 3.15. The maximum atomic E-state index is 5.50. The van der Waals surface area contributed by atoms with Gasteiger partial charge in [0.1, 0.15) is 0 Å². The molecule has 0 spiro atoms. The van der Waals surface area contributed by atoms with Gasteiger partial charge in [0, 0.05) is 0 Å². The molecular weight excluding hydrogens is 200 g/mol. The van der Waals surface area contributed by atoms with E-state index < -0.39 is 0 Å². The summed E-state index contributed by atoms with van der Waals surface area (Å²) in [6.07, 6.45) is 5.50. The van der Waals surface area contributed by atoms with E-state index in [1.54, 1.807) is 7.11 Å². The van der Waals surface area contributed by atoms with Crippen molar-refractivity contribution < 1.29 is 9.47 Å². The van der Waals surface area contributed by atoms with E-state index in [0.29, 0.717) is 6.61 Å². The maximum Gasteiger partial charge on any atom is 0.161 e. The SMILES string of the molecule is C#CC(C)(C)c1ccc(OCC)c(OC)c1. The van der Waals surface area contributed by atoms with Gasteiger partial charge in [0.2, 0.25) is 0 Å². The molecule has 0 unspecified atom stereocenters. The molecule has 0 atom stereocenters. The second kappa shape index (κ2) is 4.94. The highest BCUT2D eigenvalue weighted by Crippen LogP contribution is 2.32. The van der Waals surface area contributed by atoms with Crippen LogP contribution in [0, 0.1) is 12.3 Å². The van der Waals surface area contributed by atoms with Gasteiger partial charge < -0.3 is 9.47 Å². The van der Waals surface area contributed by atoms with E-state index in [4.69, 9.17) is 15.9 Å². The van der Waals surface area contributed by atoms with Crippen LogP contribution in [0.25, 0.3) is 0 Å². The normalized spacial score (nSPS) is 10.7. The van der Waals surface area contributed by atoms with Gasteiger partial charge in [-0.3, -0.25) is 0 Å². The van der Waals surface area contributed by atoms with Crippen molar-refractivity contribution in [2.45, 2.75) is 26.2 Å². The molecule has 0 aliphatic rings. The summed E-state index contributed by atoms with van der Waals surface area (Å²) in [5.41, 5.74) is 0.758. The molecule has 0 heterocycles. The highest BCUT2D eigenvalue weighted by molar-refractivity contribution is 5.46. The van der Waals surface area contributed by atoms with Gasteiger partial charge in [-0.25, -0.2) is 0 Å². The lowest BCUT2D eigenvalue weighted by molar-refractivity contribution is 0.310. The molecule has 0 aromatic heterocycles. The van der Waals surface area contributed by atoms with E-state index in [9.17, 15) is 0 Å². The summed E-state index contributed by atoms with van der Waals surface area (Å²) in [5, 5.41) is 0. The van der Waals surface area contributed by atoms with Gasteiger partial charge in [0.15, 0.2) is 11.5 Å². The van der Waals surface area contributed by atoms with Crippen molar-refractivity contribution in [1.29, 1.82) is 0 Å². The van der Waals surface area contributed by atoms with Gasteiger partial charge >= 0.3 is 0 Å². The van der Waals surface area contributed by atoms with Gasteiger partial charge in [-0.15, -0.1) is 6.42 Å². The molecule has 0 aliphatic carbocycles. The number of terminal acetylenes is 1. The first kappa shape index (κ1) is 12.4. The Kier molecular flexibility index (Phi) is 3.84. The first-order valence-electron chi connectivity index (χ1n) is 5.34. The highest BCUT2D eigenvalue weighted by atomic mass is 16.5. The lowest BCUT2D eigenvalue weighted by atomic mass is 9.85. The molecular formula is C14H18O2. The van der Waals surface area contributed by atoms with Crippen LogP contribution in [0.1, 0.15) is 26.3 Å². The first-order valence-corrected chi connectivity index (χ1v) is 5.34. The summed E-state index contributed by atoms with van der Waals surface area (Å²) in [7, 11) is 1.63. The van der Waals surface area contributed by atoms with Gasteiger partial charge in [-0.1, -0.05) is 12.0 Å². The highest BCUT2D eigenvalue weighted by Gasteiger charge is 2.19. The Labute approximate surface area is 97.6 Å². The van der Waals surface area contributed by atoms with Crippen molar-refractivity contribution in [2.24, 2.45) is 0 Å².